The molecule has 0 radical (unpaired) electrons. The Morgan fingerprint density at radius 2 is 2.19 bits per heavy atom. The summed E-state index contributed by atoms with van der Waals surface area (Å²) in [5.74, 6) is 0.177. The fraction of sp³-hybridized carbons (Fsp3) is 0.538. The predicted octanol–water partition coefficient (Wildman–Crippen LogP) is 3.68. The van der Waals surface area contributed by atoms with Crippen LogP contribution in [0.3, 0.4) is 0 Å². The molecule has 0 bridgehead atoms. The van der Waals surface area contributed by atoms with Gasteiger partial charge in [-0.3, -0.25) is 0 Å². The van der Waals surface area contributed by atoms with Gasteiger partial charge in [0.05, 0.1) is 10.1 Å². The van der Waals surface area contributed by atoms with Gasteiger partial charge in [-0.1, -0.05) is 13.0 Å². The van der Waals surface area contributed by atoms with Gasteiger partial charge in [-0.15, -0.1) is 0 Å². The Bertz CT molecular complexity index is 390. The topological polar surface area (TPSA) is 20.2 Å². The minimum atomic E-state index is -0.600. The smallest absolute Gasteiger partial charge is 0.137 e. The van der Waals surface area contributed by atoms with Crippen LogP contribution >= 0.6 is 15.9 Å². The summed E-state index contributed by atoms with van der Waals surface area (Å²) in [6.07, 6.45) is 3.61. The van der Waals surface area contributed by atoms with E-state index >= 15 is 0 Å². The fourth-order valence-corrected chi connectivity index (χ4v) is 2.61. The third-order valence-corrected chi connectivity index (χ3v) is 4.05. The van der Waals surface area contributed by atoms with Crippen LogP contribution in [0.4, 0.5) is 4.39 Å². The summed E-state index contributed by atoms with van der Waals surface area (Å²) in [6.45, 7) is 2.01. The number of hydrogen-bond donors (Lipinski definition) is 1. The normalized spacial score (nSPS) is 19.5. The molecule has 0 saturated heterocycles. The van der Waals surface area contributed by atoms with Crippen LogP contribution in [-0.4, -0.2) is 10.7 Å². The van der Waals surface area contributed by atoms with E-state index in [1.807, 2.05) is 6.92 Å². The molecular weight excluding hydrogens is 271 g/mol. The molecule has 3 heteroatoms. The Labute approximate surface area is 104 Å². The van der Waals surface area contributed by atoms with E-state index in [1.54, 1.807) is 12.1 Å². The van der Waals surface area contributed by atoms with Gasteiger partial charge in [0.1, 0.15) is 5.82 Å². The lowest BCUT2D eigenvalue weighted by atomic mass is 9.87. The van der Waals surface area contributed by atoms with Gasteiger partial charge in [0.15, 0.2) is 0 Å². The van der Waals surface area contributed by atoms with E-state index in [-0.39, 0.29) is 5.82 Å². The third kappa shape index (κ3) is 2.46. The summed E-state index contributed by atoms with van der Waals surface area (Å²) < 4.78 is 13.5. The molecule has 0 aliphatic heterocycles. The maximum absolute atomic E-state index is 13.1. The van der Waals surface area contributed by atoms with Gasteiger partial charge >= 0.3 is 0 Å². The molecule has 0 aromatic heterocycles. The van der Waals surface area contributed by atoms with Crippen molar-refractivity contribution in [1.82, 2.24) is 0 Å². The average molecular weight is 287 g/mol. The van der Waals surface area contributed by atoms with Gasteiger partial charge in [-0.25, -0.2) is 4.39 Å². The van der Waals surface area contributed by atoms with Gasteiger partial charge < -0.3 is 5.11 Å². The van der Waals surface area contributed by atoms with Crippen LogP contribution in [0, 0.1) is 11.7 Å². The number of rotatable bonds is 4. The Kier molecular flexibility index (Phi) is 3.36. The molecular formula is C13H16BrFO. The Hall–Kier alpha value is -0.410. The Balaban J connectivity index is 2.15. The first-order valence-electron chi connectivity index (χ1n) is 5.71. The SMILES string of the molecule is CCC(O)(Cc1ccc(F)c(Br)c1)C1CC1. The second kappa shape index (κ2) is 4.46. The minimum absolute atomic E-state index is 0.254. The van der Waals surface area contributed by atoms with Crippen LogP contribution in [0.2, 0.25) is 0 Å². The van der Waals surface area contributed by atoms with Gasteiger partial charge in [0.2, 0.25) is 0 Å². The van der Waals surface area contributed by atoms with Crippen molar-refractivity contribution in [2.45, 2.75) is 38.2 Å². The molecule has 1 nitrogen and oxygen atoms in total. The number of aliphatic hydroxyl groups is 1. The van der Waals surface area contributed by atoms with Crippen molar-refractivity contribution >= 4 is 15.9 Å². The fourth-order valence-electron chi connectivity index (χ4n) is 2.18. The molecule has 1 unspecified atom stereocenters. The monoisotopic (exact) mass is 286 g/mol. The minimum Gasteiger partial charge on any atom is -0.389 e. The van der Waals surface area contributed by atoms with Crippen molar-refractivity contribution in [2.24, 2.45) is 5.92 Å². The maximum Gasteiger partial charge on any atom is 0.137 e. The Morgan fingerprint density at radius 3 is 2.69 bits per heavy atom. The van der Waals surface area contributed by atoms with Gasteiger partial charge in [0, 0.05) is 6.42 Å². The molecule has 1 aliphatic carbocycles. The number of benzene rings is 1. The van der Waals surface area contributed by atoms with Crippen molar-refractivity contribution in [2.75, 3.05) is 0 Å². The molecule has 1 aromatic carbocycles. The highest BCUT2D eigenvalue weighted by Crippen LogP contribution is 2.43. The van der Waals surface area contributed by atoms with E-state index in [0.29, 0.717) is 16.8 Å². The van der Waals surface area contributed by atoms with Crippen molar-refractivity contribution < 1.29 is 9.50 Å². The lowest BCUT2D eigenvalue weighted by Gasteiger charge is -2.27. The lowest BCUT2D eigenvalue weighted by molar-refractivity contribution is 0.0139. The standard InChI is InChI=1S/C13H16BrFO/c1-2-13(16,10-4-5-10)8-9-3-6-12(15)11(14)7-9/h3,6-7,10,16H,2,4-5,8H2,1H3. The molecule has 1 aromatic rings. The summed E-state index contributed by atoms with van der Waals surface area (Å²) in [7, 11) is 0. The molecule has 0 amide bonds. The van der Waals surface area contributed by atoms with Crippen LogP contribution in [0.1, 0.15) is 31.7 Å². The van der Waals surface area contributed by atoms with Crippen molar-refractivity contribution in [1.29, 1.82) is 0 Å². The molecule has 2 rings (SSSR count). The molecule has 1 fully saturated rings. The third-order valence-electron chi connectivity index (χ3n) is 3.44. The second-order valence-corrected chi connectivity index (χ2v) is 5.51. The first-order valence-corrected chi connectivity index (χ1v) is 6.51. The van der Waals surface area contributed by atoms with E-state index in [9.17, 15) is 9.50 Å². The summed E-state index contributed by atoms with van der Waals surface area (Å²) in [4.78, 5) is 0. The quantitative estimate of drug-likeness (QED) is 0.895. The maximum atomic E-state index is 13.1. The van der Waals surface area contributed by atoms with Crippen LogP contribution in [0.5, 0.6) is 0 Å². The predicted molar refractivity (Wildman–Crippen MR) is 65.8 cm³/mol. The van der Waals surface area contributed by atoms with Gasteiger partial charge in [0.25, 0.3) is 0 Å². The molecule has 1 aliphatic rings. The molecule has 1 N–H and O–H groups in total. The van der Waals surface area contributed by atoms with Gasteiger partial charge in [-0.05, 0) is 58.8 Å². The summed E-state index contributed by atoms with van der Waals surface area (Å²) in [5, 5.41) is 10.5. The number of halogens is 2. The summed E-state index contributed by atoms with van der Waals surface area (Å²) in [5.41, 5.74) is 0.390. The lowest BCUT2D eigenvalue weighted by Crippen LogP contribution is -2.33. The zero-order valence-electron chi connectivity index (χ0n) is 9.34. The van der Waals surface area contributed by atoms with Crippen LogP contribution in [0.15, 0.2) is 22.7 Å². The molecule has 88 valence electrons. The van der Waals surface area contributed by atoms with Gasteiger partial charge in [-0.2, -0.15) is 0 Å². The van der Waals surface area contributed by atoms with Crippen LogP contribution in [0.25, 0.3) is 0 Å². The van der Waals surface area contributed by atoms with Crippen LogP contribution < -0.4 is 0 Å². The highest BCUT2D eigenvalue weighted by Gasteiger charge is 2.42. The zero-order chi connectivity index (χ0) is 11.8. The van der Waals surface area contributed by atoms with Crippen LogP contribution in [-0.2, 0) is 6.42 Å². The van der Waals surface area contributed by atoms with Crippen molar-refractivity contribution in [3.8, 4) is 0 Å². The molecule has 0 spiro atoms. The van der Waals surface area contributed by atoms with E-state index in [2.05, 4.69) is 15.9 Å². The van der Waals surface area contributed by atoms with Crippen molar-refractivity contribution in [3.05, 3.63) is 34.1 Å². The Morgan fingerprint density at radius 1 is 1.50 bits per heavy atom. The average Bonchev–Trinajstić information content (AvgIpc) is 3.07. The first-order chi connectivity index (χ1) is 7.55. The first kappa shape index (κ1) is 12.1. The highest BCUT2D eigenvalue weighted by atomic mass is 79.9. The largest absolute Gasteiger partial charge is 0.389 e. The molecule has 1 atom stereocenters. The molecule has 1 saturated carbocycles. The second-order valence-electron chi connectivity index (χ2n) is 4.66. The van der Waals surface area contributed by atoms with Crippen molar-refractivity contribution in [3.63, 3.8) is 0 Å². The summed E-state index contributed by atoms with van der Waals surface area (Å²) in [6, 6.07) is 4.96. The van der Waals surface area contributed by atoms with E-state index in [4.69, 9.17) is 0 Å². The zero-order valence-corrected chi connectivity index (χ0v) is 10.9. The van der Waals surface area contributed by atoms with E-state index < -0.39 is 5.60 Å². The number of hydrogen-bond acceptors (Lipinski definition) is 1. The molecule has 16 heavy (non-hydrogen) atoms. The van der Waals surface area contributed by atoms with E-state index in [1.165, 1.54) is 6.07 Å². The summed E-state index contributed by atoms with van der Waals surface area (Å²) >= 11 is 3.17. The van der Waals surface area contributed by atoms with E-state index in [0.717, 1.165) is 24.8 Å². The molecule has 0 heterocycles. The highest BCUT2D eigenvalue weighted by molar-refractivity contribution is 9.10.